The zero-order valence-corrected chi connectivity index (χ0v) is 70.1. The Morgan fingerprint density at radius 1 is 0.459 bits per heavy atom. The molecule has 2 aliphatic heterocycles. The van der Waals surface area contributed by atoms with Crippen LogP contribution in [-0.4, -0.2) is 182 Å². The van der Waals surface area contributed by atoms with Gasteiger partial charge in [-0.2, -0.15) is 24.1 Å². The Kier molecular flexibility index (Phi) is 35.2. The van der Waals surface area contributed by atoms with Crippen LogP contribution in [0.25, 0.3) is 67.3 Å². The van der Waals surface area contributed by atoms with E-state index in [9.17, 15) is 18.4 Å². The molecule has 0 spiro atoms. The average Bonchev–Trinajstić information content (AvgIpc) is 1.70. The van der Waals surface area contributed by atoms with Crippen molar-refractivity contribution < 1.29 is 28.0 Å². The van der Waals surface area contributed by atoms with Crippen molar-refractivity contribution in [3.8, 4) is 34.2 Å². The third kappa shape index (κ3) is 27.3. The Balaban J connectivity index is 0.000000161. The molecule has 0 unspecified atom stereocenters. The molecule has 15 heterocycles. The normalized spacial score (nSPS) is 13.5. The van der Waals surface area contributed by atoms with E-state index in [1.54, 1.807) is 18.6 Å². The van der Waals surface area contributed by atoms with E-state index in [1.165, 1.54) is 77.8 Å². The smallest absolute Gasteiger partial charge is 0.281 e. The molecule has 0 radical (unpaired) electrons. The molecule has 0 bridgehead atoms. The standard InChI is InChI=1S/C19H24N6.2C11H7BrN4.2C8H9FN2O2.C8H18N2.2C5H3Br2N/c1-13(2)11-14-12-25(10-9-20-14)17-7-3-6-16(22-17)18-15-5-4-8-21-19(15)24-23-18;2*12-9-5-1-4-8(14-9)10-7-3-2-6-13-11(7)16-15-10;2*1-11(13-2)8(12)6-4-3-5-10-7(6)9;1-7(2)5-8-6-9-3-4-10-8;2*6-4-2-1-3-5(7)8-4/h3-8,13-14,20H,9-12H2,1-2H3,(H,21,23,24);2*1-6H,(H,13,15,16);2*3-5H,1-2H3;7-10H,3-6H2,1-2H3;2*1-3H/t14-;;;;;8-;;/m0....0../s1. The zero-order valence-electron chi connectivity index (χ0n) is 60.6. The van der Waals surface area contributed by atoms with Gasteiger partial charge in [0.25, 0.3) is 11.8 Å². The number of carbonyl (C=O) groups is 2. The number of hydroxylamine groups is 4. The molecule has 13 aromatic heterocycles. The molecule has 2 amide bonds. The number of fused-ring (bicyclic) bond motifs is 3. The summed E-state index contributed by atoms with van der Waals surface area (Å²) in [6.07, 6.45) is 10.2. The van der Waals surface area contributed by atoms with Gasteiger partial charge in [0.15, 0.2) is 16.9 Å². The van der Waals surface area contributed by atoms with Gasteiger partial charge >= 0.3 is 0 Å². The van der Waals surface area contributed by atoms with Gasteiger partial charge in [-0.05, 0) is 242 Å². The highest BCUT2D eigenvalue weighted by Gasteiger charge is 2.23. The van der Waals surface area contributed by atoms with Crippen LogP contribution in [0.2, 0.25) is 0 Å². The van der Waals surface area contributed by atoms with Gasteiger partial charge in [0.05, 0.1) is 59.5 Å². The number of halogens is 8. The number of nitrogens with zero attached hydrogens (tertiary/aromatic N) is 16. The first-order valence-corrected chi connectivity index (χ1v) is 38.8. The third-order valence-corrected chi connectivity index (χ3v) is 18.2. The van der Waals surface area contributed by atoms with Crippen LogP contribution in [0.4, 0.5) is 14.6 Å². The summed E-state index contributed by atoms with van der Waals surface area (Å²) in [4.78, 5) is 75.2. The summed E-state index contributed by atoms with van der Waals surface area (Å²) in [5.74, 6) is -0.175. The molecule has 26 nitrogen and oxygen atoms in total. The summed E-state index contributed by atoms with van der Waals surface area (Å²) in [5.41, 5.74) is 7.26. The number of piperazine rings is 2. The molecule has 0 aromatic carbocycles. The second-order valence-electron chi connectivity index (χ2n) is 24.4. The minimum atomic E-state index is -0.795. The average molecular weight is 1870 g/mol. The van der Waals surface area contributed by atoms with E-state index in [4.69, 9.17) is 4.98 Å². The molecule has 15 rings (SSSR count). The Bertz CT molecular complexity index is 4730. The molecule has 2 fully saturated rings. The molecule has 570 valence electrons. The fourth-order valence-electron chi connectivity index (χ4n) is 10.5. The predicted octanol–water partition coefficient (Wildman–Crippen LogP) is 15.9. The topological polar surface area (TPSA) is 313 Å². The molecular weight excluding hydrogens is 1790 g/mol. The summed E-state index contributed by atoms with van der Waals surface area (Å²) < 4.78 is 30.9. The van der Waals surface area contributed by atoms with Gasteiger partial charge in [0.2, 0.25) is 11.9 Å². The van der Waals surface area contributed by atoms with Gasteiger partial charge in [0.1, 0.15) is 33.4 Å². The Morgan fingerprint density at radius 2 is 0.817 bits per heavy atom. The number of carbonyl (C=O) groups excluding carboxylic acids is 2. The molecule has 0 saturated carbocycles. The van der Waals surface area contributed by atoms with E-state index in [-0.39, 0.29) is 11.1 Å². The largest absolute Gasteiger partial charge is 0.354 e. The van der Waals surface area contributed by atoms with Gasteiger partial charge in [-0.15, -0.1) is 0 Å². The maximum atomic E-state index is 12.9. The van der Waals surface area contributed by atoms with Crippen LogP contribution in [0.1, 0.15) is 61.3 Å². The number of aromatic nitrogens is 16. The number of aromatic amines is 3. The van der Waals surface area contributed by atoms with Crippen LogP contribution in [0.3, 0.4) is 0 Å². The van der Waals surface area contributed by atoms with Crippen LogP contribution in [-0.2, 0) is 9.68 Å². The molecule has 0 aliphatic carbocycles. The fourth-order valence-corrected chi connectivity index (χ4v) is 13.1. The highest BCUT2D eigenvalue weighted by atomic mass is 79.9. The lowest BCUT2D eigenvalue weighted by Crippen LogP contribution is -2.51. The number of H-pyrrole nitrogens is 3. The van der Waals surface area contributed by atoms with Crippen molar-refractivity contribution in [3.05, 3.63) is 233 Å². The summed E-state index contributed by atoms with van der Waals surface area (Å²) in [6.45, 7) is 15.5. The Morgan fingerprint density at radius 3 is 1.17 bits per heavy atom. The molecule has 2 atom stereocenters. The first-order valence-electron chi connectivity index (χ1n) is 34.0. The third-order valence-electron chi connectivity index (χ3n) is 15.6. The maximum Gasteiger partial charge on any atom is 0.281 e. The monoisotopic (exact) mass is 1860 g/mol. The van der Waals surface area contributed by atoms with E-state index in [0.717, 1.165) is 145 Å². The lowest BCUT2D eigenvalue weighted by molar-refractivity contribution is -0.0760. The van der Waals surface area contributed by atoms with Crippen molar-refractivity contribution >= 4 is 146 Å². The van der Waals surface area contributed by atoms with Crippen LogP contribution in [0.15, 0.2) is 210 Å². The number of rotatable bonds is 12. The quantitative estimate of drug-likeness (QED) is 0.0489. The van der Waals surface area contributed by atoms with Gasteiger partial charge in [-0.1, -0.05) is 58.0 Å². The van der Waals surface area contributed by atoms with Crippen molar-refractivity contribution in [2.24, 2.45) is 11.8 Å². The second-order valence-corrected chi connectivity index (χ2v) is 29.3. The number of hydrogen-bond donors (Lipinski definition) is 6. The van der Waals surface area contributed by atoms with Gasteiger partial charge < -0.3 is 20.9 Å². The summed E-state index contributed by atoms with van der Waals surface area (Å²) in [6, 6.07) is 47.7. The van der Waals surface area contributed by atoms with E-state index in [2.05, 4.69) is 241 Å². The van der Waals surface area contributed by atoms with Gasteiger partial charge in [-0.3, -0.25) is 34.6 Å². The molecule has 34 heteroatoms. The van der Waals surface area contributed by atoms with E-state index >= 15 is 0 Å². The van der Waals surface area contributed by atoms with Crippen molar-refractivity contribution in [3.63, 3.8) is 0 Å². The number of pyridine rings is 10. The first kappa shape index (κ1) is 85.8. The lowest BCUT2D eigenvalue weighted by atomic mass is 10.0. The Labute approximate surface area is 679 Å². The first-order chi connectivity index (χ1) is 52.6. The molecule has 2 aliphatic rings. The van der Waals surface area contributed by atoms with Gasteiger partial charge in [-0.25, -0.2) is 60.0 Å². The SMILES string of the molecule is Brc1cccc(-c2[nH]nc3ncccc23)n1.Brc1cccc(-c2[nH]nc3ncccc23)n1.Brc1cccc(Br)n1.Brc1cccc(Br)n1.CC(C)C[C@H]1CN(c2cccc(-c3[nH]nc4ncccc34)n2)CCN1.CC(C)C[C@H]1CNCCN1.CON(C)C(=O)c1cccnc1F.CON(C)C(=O)c1cccnc1F. The summed E-state index contributed by atoms with van der Waals surface area (Å²) in [7, 11) is 5.45. The molecule has 2 saturated heterocycles. The molecule has 13 aromatic rings. The van der Waals surface area contributed by atoms with Gasteiger partial charge in [0, 0.05) is 113 Å². The van der Waals surface area contributed by atoms with Crippen molar-refractivity contribution in [1.29, 1.82) is 0 Å². The number of nitrogens with one attached hydrogen (secondary N) is 6. The predicted molar refractivity (Wildman–Crippen MR) is 440 cm³/mol. The van der Waals surface area contributed by atoms with Crippen LogP contribution >= 0.6 is 95.6 Å². The van der Waals surface area contributed by atoms with E-state index in [1.807, 2.05) is 115 Å². The molecule has 6 N–H and O–H groups in total. The highest BCUT2D eigenvalue weighted by Crippen LogP contribution is 2.29. The number of hydrogen-bond acceptors (Lipinski definition) is 21. The maximum absolute atomic E-state index is 12.9. The minimum absolute atomic E-state index is 0.105. The van der Waals surface area contributed by atoms with E-state index < -0.39 is 23.7 Å². The van der Waals surface area contributed by atoms with Crippen LogP contribution < -0.4 is 20.9 Å². The minimum Gasteiger partial charge on any atom is -0.354 e. The van der Waals surface area contributed by atoms with Crippen molar-refractivity contribution in [2.75, 3.05) is 72.5 Å². The van der Waals surface area contributed by atoms with E-state index in [0.29, 0.717) is 29.3 Å². The number of amides is 2. The molecule has 109 heavy (non-hydrogen) atoms. The van der Waals surface area contributed by atoms with Crippen LogP contribution in [0, 0.1) is 23.7 Å². The van der Waals surface area contributed by atoms with Crippen molar-refractivity contribution in [2.45, 2.75) is 52.6 Å². The summed E-state index contributed by atoms with van der Waals surface area (Å²) in [5, 5.41) is 36.9. The fraction of sp³-hybridized carbons (Fsp3) is 0.267. The van der Waals surface area contributed by atoms with Crippen LogP contribution in [0.5, 0.6) is 0 Å². The second kappa shape index (κ2) is 44.7. The summed E-state index contributed by atoms with van der Waals surface area (Å²) >= 11 is 19.6. The number of anilines is 1. The Hall–Kier alpha value is -8.81. The zero-order chi connectivity index (χ0) is 78.2. The van der Waals surface area contributed by atoms with Crippen molar-refractivity contribution in [1.82, 2.24) is 107 Å². The highest BCUT2D eigenvalue weighted by molar-refractivity contribution is 9.11. The lowest BCUT2D eigenvalue weighted by Gasteiger charge is -2.35. The molecular formula is C75H80Br6F2N22O4.